The fraction of sp³-hybridized carbons (Fsp3) is 0.462. The molecule has 3 aromatic heterocycles. The van der Waals surface area contributed by atoms with Crippen LogP contribution in [0.1, 0.15) is 74.0 Å². The zero-order valence-electron chi connectivity index (χ0n) is 20.9. The van der Waals surface area contributed by atoms with Crippen molar-refractivity contribution in [2.45, 2.75) is 79.1 Å². The Morgan fingerprint density at radius 1 is 1.18 bits per heavy atom. The molecule has 1 atom stereocenters. The molecule has 1 N–H and O–H groups in total. The number of nitrogens with one attached hydrogen (secondary N) is 1. The zero-order chi connectivity index (χ0) is 24.5. The van der Waals surface area contributed by atoms with Crippen molar-refractivity contribution in [3.05, 3.63) is 73.5 Å². The van der Waals surface area contributed by atoms with Gasteiger partial charge in [-0.2, -0.15) is 0 Å². The van der Waals surface area contributed by atoms with Crippen molar-refractivity contribution in [1.29, 1.82) is 0 Å². The van der Waals surface area contributed by atoms with Gasteiger partial charge in [0.25, 0.3) is 5.56 Å². The van der Waals surface area contributed by atoms with Crippen LogP contribution >= 0.6 is 11.3 Å². The lowest BCUT2D eigenvalue weighted by Gasteiger charge is -2.32. The third-order valence-electron chi connectivity index (χ3n) is 6.13. The summed E-state index contributed by atoms with van der Waals surface area (Å²) < 4.78 is 1.92. The summed E-state index contributed by atoms with van der Waals surface area (Å²) in [6.45, 7) is 13.9. The lowest BCUT2D eigenvalue weighted by molar-refractivity contribution is 0.150. The van der Waals surface area contributed by atoms with Crippen molar-refractivity contribution >= 4 is 22.2 Å². The fourth-order valence-corrected chi connectivity index (χ4v) is 5.29. The van der Waals surface area contributed by atoms with E-state index in [1.165, 1.54) is 10.4 Å². The van der Waals surface area contributed by atoms with E-state index in [0.717, 1.165) is 47.2 Å². The largest absolute Gasteiger partial charge is 0.322 e. The molecule has 0 fully saturated rings. The Kier molecular flexibility index (Phi) is 7.00. The van der Waals surface area contributed by atoms with E-state index in [0.29, 0.717) is 6.54 Å². The summed E-state index contributed by atoms with van der Waals surface area (Å²) in [6, 6.07) is 10.4. The summed E-state index contributed by atoms with van der Waals surface area (Å²) in [4.78, 5) is 19.9. The molecular weight excluding hydrogens is 444 g/mol. The Balaban J connectivity index is 1.79. The van der Waals surface area contributed by atoms with Crippen molar-refractivity contribution in [2.24, 2.45) is 0 Å². The minimum absolute atomic E-state index is 0.0180. The number of nitrogens with zero attached hydrogens (tertiary/aromatic N) is 5. The average Bonchev–Trinajstić information content (AvgIpc) is 3.44. The SMILES string of the molecule is CCCC(c1nnnn1C(C)(C)C)N(Cc1cccs1)Cc1cc2c(C)cc(C)cc2[nH]c1=O. The molecule has 0 spiro atoms. The number of aromatic amines is 1. The van der Waals surface area contributed by atoms with Crippen LogP contribution in [0.3, 0.4) is 0 Å². The number of tetrazole rings is 1. The summed E-state index contributed by atoms with van der Waals surface area (Å²) in [6.07, 6.45) is 1.88. The molecule has 3 heterocycles. The zero-order valence-corrected chi connectivity index (χ0v) is 21.7. The predicted octanol–water partition coefficient (Wildman–Crippen LogP) is 5.49. The molecule has 0 aliphatic carbocycles. The Hall–Kier alpha value is -2.84. The van der Waals surface area contributed by atoms with Gasteiger partial charge in [0.2, 0.25) is 0 Å². The van der Waals surface area contributed by atoms with Crippen molar-refractivity contribution in [1.82, 2.24) is 30.1 Å². The number of aromatic nitrogens is 5. The number of pyridine rings is 1. The van der Waals surface area contributed by atoms with Gasteiger partial charge >= 0.3 is 0 Å². The monoisotopic (exact) mass is 478 g/mol. The van der Waals surface area contributed by atoms with E-state index in [1.54, 1.807) is 11.3 Å². The van der Waals surface area contributed by atoms with Crippen LogP contribution in [0, 0.1) is 13.8 Å². The summed E-state index contributed by atoms with van der Waals surface area (Å²) >= 11 is 1.73. The summed E-state index contributed by atoms with van der Waals surface area (Å²) in [5, 5.41) is 16.0. The van der Waals surface area contributed by atoms with Crippen LogP contribution in [0.25, 0.3) is 10.9 Å². The average molecular weight is 479 g/mol. The predicted molar refractivity (Wildman–Crippen MR) is 138 cm³/mol. The molecule has 8 heteroatoms. The number of thiophene rings is 1. The molecule has 0 amide bonds. The van der Waals surface area contributed by atoms with E-state index in [9.17, 15) is 4.79 Å². The summed E-state index contributed by atoms with van der Waals surface area (Å²) in [5.74, 6) is 0.843. The van der Waals surface area contributed by atoms with Gasteiger partial charge in [0.15, 0.2) is 5.82 Å². The lowest BCUT2D eigenvalue weighted by Crippen LogP contribution is -2.35. The van der Waals surface area contributed by atoms with Crippen LogP contribution in [0.4, 0.5) is 0 Å². The van der Waals surface area contributed by atoms with Crippen molar-refractivity contribution < 1.29 is 0 Å². The Morgan fingerprint density at radius 2 is 1.97 bits per heavy atom. The van der Waals surface area contributed by atoms with Crippen LogP contribution in [0.15, 0.2) is 40.5 Å². The van der Waals surface area contributed by atoms with Gasteiger partial charge in [-0.25, -0.2) is 4.68 Å². The highest BCUT2D eigenvalue weighted by Gasteiger charge is 2.30. The number of fused-ring (bicyclic) bond motifs is 1. The second-order valence-corrected chi connectivity index (χ2v) is 11.1. The maximum Gasteiger partial charge on any atom is 0.252 e. The highest BCUT2D eigenvalue weighted by Crippen LogP contribution is 2.31. The third kappa shape index (κ3) is 5.13. The molecule has 0 aliphatic rings. The molecule has 0 saturated heterocycles. The van der Waals surface area contributed by atoms with E-state index in [4.69, 9.17) is 0 Å². The van der Waals surface area contributed by atoms with Gasteiger partial charge in [-0.05, 0) is 86.2 Å². The van der Waals surface area contributed by atoms with E-state index in [1.807, 2.05) is 10.7 Å². The molecule has 1 unspecified atom stereocenters. The van der Waals surface area contributed by atoms with Crippen molar-refractivity contribution in [3.63, 3.8) is 0 Å². The first-order valence-electron chi connectivity index (χ1n) is 11.9. The van der Waals surface area contributed by atoms with Crippen LogP contribution in [-0.2, 0) is 18.6 Å². The number of hydrogen-bond donors (Lipinski definition) is 1. The molecule has 0 radical (unpaired) electrons. The highest BCUT2D eigenvalue weighted by atomic mass is 32.1. The first-order chi connectivity index (χ1) is 16.2. The summed E-state index contributed by atoms with van der Waals surface area (Å²) in [7, 11) is 0. The van der Waals surface area contributed by atoms with Gasteiger partial charge in [-0.3, -0.25) is 9.69 Å². The smallest absolute Gasteiger partial charge is 0.252 e. The minimum atomic E-state index is -0.241. The molecule has 0 saturated carbocycles. The molecule has 1 aromatic carbocycles. The number of rotatable bonds is 8. The van der Waals surface area contributed by atoms with E-state index in [-0.39, 0.29) is 17.1 Å². The normalized spacial score (nSPS) is 13.1. The van der Waals surface area contributed by atoms with E-state index in [2.05, 4.69) is 96.6 Å². The van der Waals surface area contributed by atoms with Gasteiger partial charge in [-0.1, -0.05) is 25.5 Å². The van der Waals surface area contributed by atoms with E-state index < -0.39 is 0 Å². The molecule has 4 rings (SSSR count). The fourth-order valence-electron chi connectivity index (χ4n) is 4.56. The molecule has 180 valence electrons. The quantitative estimate of drug-likeness (QED) is 0.362. The number of H-pyrrole nitrogens is 1. The van der Waals surface area contributed by atoms with Crippen molar-refractivity contribution in [3.8, 4) is 0 Å². The molecule has 4 aromatic rings. The Labute approximate surface area is 204 Å². The lowest BCUT2D eigenvalue weighted by atomic mass is 10.0. The Bertz CT molecular complexity index is 1320. The van der Waals surface area contributed by atoms with Gasteiger partial charge in [0.05, 0.1) is 11.6 Å². The summed E-state index contributed by atoms with van der Waals surface area (Å²) in [5.41, 5.74) is 3.67. The number of hydrogen-bond acceptors (Lipinski definition) is 6. The maximum absolute atomic E-state index is 13.2. The molecule has 0 bridgehead atoms. The van der Waals surface area contributed by atoms with Gasteiger partial charge < -0.3 is 4.98 Å². The highest BCUT2D eigenvalue weighted by molar-refractivity contribution is 7.09. The molecule has 34 heavy (non-hydrogen) atoms. The number of benzene rings is 1. The first-order valence-corrected chi connectivity index (χ1v) is 12.7. The second-order valence-electron chi connectivity index (χ2n) is 10.1. The third-order valence-corrected chi connectivity index (χ3v) is 6.99. The van der Waals surface area contributed by atoms with Crippen molar-refractivity contribution in [2.75, 3.05) is 0 Å². The topological polar surface area (TPSA) is 79.7 Å². The van der Waals surface area contributed by atoms with E-state index >= 15 is 0 Å². The van der Waals surface area contributed by atoms with Gasteiger partial charge in [0.1, 0.15) is 0 Å². The number of aryl methyl sites for hydroxylation is 2. The van der Waals surface area contributed by atoms with Crippen LogP contribution in [-0.4, -0.2) is 30.1 Å². The van der Waals surface area contributed by atoms with Gasteiger partial charge in [0, 0.05) is 34.4 Å². The minimum Gasteiger partial charge on any atom is -0.322 e. The first kappa shape index (κ1) is 24.3. The van der Waals surface area contributed by atoms with Crippen LogP contribution < -0.4 is 5.56 Å². The molecule has 7 nitrogen and oxygen atoms in total. The Morgan fingerprint density at radius 3 is 2.65 bits per heavy atom. The van der Waals surface area contributed by atoms with Crippen LogP contribution in [0.5, 0.6) is 0 Å². The van der Waals surface area contributed by atoms with Gasteiger partial charge in [-0.15, -0.1) is 16.4 Å². The standard InChI is InChI=1S/C26H34N6OS/c1-7-9-23(24-28-29-30-32(24)26(4,5)6)31(16-20-10-8-11-34-20)15-19-14-21-18(3)12-17(2)13-22(21)27-25(19)33/h8,10-14,23H,7,9,15-16H2,1-6H3,(H,27,33). The second kappa shape index (κ2) is 9.80. The maximum atomic E-state index is 13.2. The molecule has 0 aliphatic heterocycles. The molecular formula is C26H34N6OS. The van der Waals surface area contributed by atoms with Crippen LogP contribution in [0.2, 0.25) is 0 Å².